The summed E-state index contributed by atoms with van der Waals surface area (Å²) in [6.07, 6.45) is -0.409. The Morgan fingerprint density at radius 3 is 2.66 bits per heavy atom. The van der Waals surface area contributed by atoms with E-state index < -0.39 is 12.8 Å². The highest BCUT2D eigenvalue weighted by Crippen LogP contribution is 2.30. The number of rotatable bonds is 9. The van der Waals surface area contributed by atoms with E-state index in [2.05, 4.69) is 20.3 Å². The number of hydrogen-bond acceptors (Lipinski definition) is 8. The zero-order valence-corrected chi connectivity index (χ0v) is 19.8. The molecule has 3 aromatic heterocycles. The van der Waals surface area contributed by atoms with Crippen LogP contribution in [0, 0.1) is 12.8 Å². The number of nitrogens with zero attached hydrogens (tertiary/aromatic N) is 6. The van der Waals surface area contributed by atoms with Gasteiger partial charge in [0.05, 0.1) is 18.8 Å². The Bertz CT molecular complexity index is 1140. The molecule has 0 unspecified atom stereocenters. The van der Waals surface area contributed by atoms with Crippen LogP contribution in [-0.2, 0) is 17.7 Å². The fourth-order valence-corrected chi connectivity index (χ4v) is 4.14. The maximum atomic E-state index is 12.5. The molecule has 0 aliphatic carbocycles. The molecule has 9 nitrogen and oxygen atoms in total. The molecule has 0 atom stereocenters. The van der Waals surface area contributed by atoms with E-state index >= 15 is 0 Å². The van der Waals surface area contributed by atoms with Crippen molar-refractivity contribution in [2.75, 3.05) is 43.1 Å². The van der Waals surface area contributed by atoms with Gasteiger partial charge in [-0.3, -0.25) is 4.68 Å². The van der Waals surface area contributed by atoms with E-state index in [0.29, 0.717) is 35.0 Å². The molecule has 2 N–H and O–H groups in total. The van der Waals surface area contributed by atoms with Crippen LogP contribution in [0.5, 0.6) is 0 Å². The third kappa shape index (κ3) is 6.17. The number of anilines is 3. The summed E-state index contributed by atoms with van der Waals surface area (Å²) in [7, 11) is 0. The second-order valence-electron chi connectivity index (χ2n) is 8.72. The summed E-state index contributed by atoms with van der Waals surface area (Å²) in [5, 5.41) is 17.4. The van der Waals surface area contributed by atoms with E-state index in [-0.39, 0.29) is 25.7 Å². The minimum atomic E-state index is -4.38. The lowest BCUT2D eigenvalue weighted by Gasteiger charge is -2.31. The molecule has 1 saturated heterocycles. The van der Waals surface area contributed by atoms with Crippen LogP contribution in [-0.4, -0.2) is 68.9 Å². The average molecular weight is 494 g/mol. The second-order valence-corrected chi connectivity index (χ2v) is 8.72. The minimum absolute atomic E-state index is 0.118. The molecule has 1 fully saturated rings. The molecule has 12 heteroatoms. The second kappa shape index (κ2) is 10.7. The smallest absolute Gasteiger partial charge is 0.396 e. The Kier molecular flexibility index (Phi) is 7.70. The SMILES string of the molecule is CCc1nn(CCOCC(F)(F)F)c2c(Nc3cc(C)ccn3)nc(N3CCC(CO)CC3)nc12. The van der Waals surface area contributed by atoms with Crippen LogP contribution < -0.4 is 10.2 Å². The summed E-state index contributed by atoms with van der Waals surface area (Å²) in [5.74, 6) is 1.89. The molecule has 0 radical (unpaired) electrons. The molecule has 1 aliphatic rings. The number of aryl methyl sites for hydroxylation is 2. The molecule has 1 aliphatic heterocycles. The normalized spacial score (nSPS) is 15.2. The third-order valence-electron chi connectivity index (χ3n) is 6.01. The molecule has 0 saturated carbocycles. The van der Waals surface area contributed by atoms with Gasteiger partial charge in [0.25, 0.3) is 0 Å². The number of aliphatic hydroxyl groups excluding tert-OH is 1. The summed E-state index contributed by atoms with van der Waals surface area (Å²) >= 11 is 0. The lowest BCUT2D eigenvalue weighted by Crippen LogP contribution is -2.36. The molecular weight excluding hydrogens is 463 g/mol. The van der Waals surface area contributed by atoms with Gasteiger partial charge in [-0.1, -0.05) is 6.92 Å². The number of aromatic nitrogens is 5. The Labute approximate surface area is 201 Å². The highest BCUT2D eigenvalue weighted by molar-refractivity contribution is 5.90. The number of pyridine rings is 1. The maximum absolute atomic E-state index is 12.5. The number of aliphatic hydroxyl groups is 1. The molecule has 0 amide bonds. The zero-order valence-electron chi connectivity index (χ0n) is 19.8. The number of halogens is 3. The molecule has 4 rings (SSSR count). The van der Waals surface area contributed by atoms with Gasteiger partial charge in [0.2, 0.25) is 5.95 Å². The topological polar surface area (TPSA) is 101 Å². The lowest BCUT2D eigenvalue weighted by atomic mass is 9.98. The van der Waals surface area contributed by atoms with Crippen molar-refractivity contribution in [3.63, 3.8) is 0 Å². The van der Waals surface area contributed by atoms with Crippen molar-refractivity contribution in [2.24, 2.45) is 5.92 Å². The standard InChI is InChI=1S/C23H30F3N7O2/c1-3-17-19-20(33(31-17)10-11-35-14-23(24,25)26)21(28-18-12-15(2)4-7-27-18)30-22(29-19)32-8-5-16(13-34)6-9-32/h4,7,12,16,34H,3,5-6,8-11,13-14H2,1-2H3,(H,27,28,29,30). The maximum Gasteiger partial charge on any atom is 0.411 e. The largest absolute Gasteiger partial charge is 0.411 e. The van der Waals surface area contributed by atoms with Crippen molar-refractivity contribution in [2.45, 2.75) is 45.8 Å². The first-order valence-corrected chi connectivity index (χ1v) is 11.7. The molecule has 0 spiro atoms. The predicted molar refractivity (Wildman–Crippen MR) is 126 cm³/mol. The van der Waals surface area contributed by atoms with Gasteiger partial charge < -0.3 is 20.1 Å². The van der Waals surface area contributed by atoms with Gasteiger partial charge in [0.1, 0.15) is 23.5 Å². The van der Waals surface area contributed by atoms with Crippen LogP contribution in [0.4, 0.5) is 30.8 Å². The number of nitrogens with one attached hydrogen (secondary N) is 1. The van der Waals surface area contributed by atoms with Crippen LogP contribution >= 0.6 is 0 Å². The van der Waals surface area contributed by atoms with Crippen molar-refractivity contribution in [1.29, 1.82) is 0 Å². The molecule has 4 heterocycles. The Morgan fingerprint density at radius 1 is 1.23 bits per heavy atom. The van der Waals surface area contributed by atoms with Gasteiger partial charge in [-0.25, -0.2) is 9.97 Å². The van der Waals surface area contributed by atoms with E-state index in [9.17, 15) is 18.3 Å². The Hall–Kier alpha value is -2.99. The number of piperidine rings is 1. The van der Waals surface area contributed by atoms with E-state index in [1.165, 1.54) is 0 Å². The Balaban J connectivity index is 1.71. The van der Waals surface area contributed by atoms with Crippen LogP contribution in [0.2, 0.25) is 0 Å². The summed E-state index contributed by atoms with van der Waals surface area (Å²) in [6.45, 7) is 4.18. The van der Waals surface area contributed by atoms with Gasteiger partial charge in [-0.2, -0.15) is 23.3 Å². The highest BCUT2D eigenvalue weighted by atomic mass is 19.4. The fourth-order valence-electron chi connectivity index (χ4n) is 4.14. The van der Waals surface area contributed by atoms with Crippen molar-refractivity contribution in [3.05, 3.63) is 29.6 Å². The molecule has 190 valence electrons. The first kappa shape index (κ1) is 25.1. The first-order chi connectivity index (χ1) is 16.8. The quantitative estimate of drug-likeness (QED) is 0.436. The van der Waals surface area contributed by atoms with E-state index in [1.807, 2.05) is 26.0 Å². The Morgan fingerprint density at radius 2 is 2.00 bits per heavy atom. The summed E-state index contributed by atoms with van der Waals surface area (Å²) in [4.78, 5) is 16.1. The van der Waals surface area contributed by atoms with Gasteiger partial charge in [0, 0.05) is 25.9 Å². The summed E-state index contributed by atoms with van der Waals surface area (Å²) < 4.78 is 43.9. The predicted octanol–water partition coefficient (Wildman–Crippen LogP) is 3.62. The monoisotopic (exact) mass is 493 g/mol. The summed E-state index contributed by atoms with van der Waals surface area (Å²) in [5.41, 5.74) is 2.98. The van der Waals surface area contributed by atoms with Crippen molar-refractivity contribution >= 4 is 28.6 Å². The van der Waals surface area contributed by atoms with Gasteiger partial charge in [0.15, 0.2) is 5.82 Å². The molecule has 0 aromatic carbocycles. The molecule has 35 heavy (non-hydrogen) atoms. The van der Waals surface area contributed by atoms with Crippen LogP contribution in [0.3, 0.4) is 0 Å². The molecule has 3 aromatic rings. The molecular formula is C23H30F3N7O2. The number of alkyl halides is 3. The zero-order chi connectivity index (χ0) is 25.0. The van der Waals surface area contributed by atoms with E-state index in [0.717, 1.165) is 37.2 Å². The van der Waals surface area contributed by atoms with Crippen LogP contribution in [0.1, 0.15) is 31.0 Å². The molecule has 0 bridgehead atoms. The van der Waals surface area contributed by atoms with Gasteiger partial charge in [-0.15, -0.1) is 0 Å². The van der Waals surface area contributed by atoms with Gasteiger partial charge in [-0.05, 0) is 49.8 Å². The van der Waals surface area contributed by atoms with Gasteiger partial charge >= 0.3 is 6.18 Å². The first-order valence-electron chi connectivity index (χ1n) is 11.7. The average Bonchev–Trinajstić information content (AvgIpc) is 3.19. The third-order valence-corrected chi connectivity index (χ3v) is 6.01. The van der Waals surface area contributed by atoms with E-state index in [4.69, 9.17) is 14.7 Å². The number of fused-ring (bicyclic) bond motifs is 1. The summed E-state index contributed by atoms with van der Waals surface area (Å²) in [6, 6.07) is 3.77. The van der Waals surface area contributed by atoms with Crippen molar-refractivity contribution < 1.29 is 23.0 Å². The van der Waals surface area contributed by atoms with E-state index in [1.54, 1.807) is 10.9 Å². The minimum Gasteiger partial charge on any atom is -0.396 e. The van der Waals surface area contributed by atoms with Crippen molar-refractivity contribution in [3.8, 4) is 0 Å². The van der Waals surface area contributed by atoms with Crippen LogP contribution in [0.25, 0.3) is 11.0 Å². The van der Waals surface area contributed by atoms with Crippen molar-refractivity contribution in [1.82, 2.24) is 24.7 Å². The fraction of sp³-hybridized carbons (Fsp3) is 0.565. The highest BCUT2D eigenvalue weighted by Gasteiger charge is 2.28. The lowest BCUT2D eigenvalue weighted by molar-refractivity contribution is -0.174. The number of ether oxygens (including phenoxy) is 1. The van der Waals surface area contributed by atoms with Crippen LogP contribution in [0.15, 0.2) is 18.3 Å². The number of hydrogen-bond donors (Lipinski definition) is 2.